The van der Waals surface area contributed by atoms with E-state index in [2.05, 4.69) is 10.6 Å². The minimum atomic E-state index is 0.324. The van der Waals surface area contributed by atoms with Gasteiger partial charge in [-0.3, -0.25) is 0 Å². The van der Waals surface area contributed by atoms with Gasteiger partial charge in [-0.05, 0) is 25.0 Å². The summed E-state index contributed by atoms with van der Waals surface area (Å²) >= 11 is 0. The van der Waals surface area contributed by atoms with Gasteiger partial charge in [0.1, 0.15) is 5.75 Å². The number of phenolic OH excluding ortho intramolecular Hbond substituents is 1. The van der Waals surface area contributed by atoms with Crippen molar-refractivity contribution < 1.29 is 5.11 Å². The molecular formula is C11H14N2O. The molecule has 0 unspecified atom stereocenters. The average Bonchev–Trinajstić information content (AvgIpc) is 2.96. The first-order chi connectivity index (χ1) is 6.77. The van der Waals surface area contributed by atoms with Crippen LogP contribution in [0.5, 0.6) is 5.75 Å². The molecule has 1 fully saturated rings. The number of anilines is 2. The molecule has 1 heterocycles. The average molecular weight is 190 g/mol. The molecule has 1 aliphatic heterocycles. The van der Waals surface area contributed by atoms with Gasteiger partial charge in [0.15, 0.2) is 0 Å². The fourth-order valence-corrected chi connectivity index (χ4v) is 1.99. The van der Waals surface area contributed by atoms with Gasteiger partial charge in [0.25, 0.3) is 0 Å². The Labute approximate surface area is 83.1 Å². The van der Waals surface area contributed by atoms with E-state index in [1.54, 1.807) is 12.1 Å². The maximum Gasteiger partial charge on any atom is 0.117 e. The standard InChI is InChI=1S/C11H14N2O/c14-8-1-2-9-10(5-8)13-7-11(3-4-11)6-12-9/h1-2,5,12-14H,3-4,6-7H2. The largest absolute Gasteiger partial charge is 0.508 e. The van der Waals surface area contributed by atoms with Crippen LogP contribution in [0, 0.1) is 5.41 Å². The molecule has 0 radical (unpaired) electrons. The number of fused-ring (bicyclic) bond motifs is 1. The van der Waals surface area contributed by atoms with Gasteiger partial charge in [-0.1, -0.05) is 0 Å². The van der Waals surface area contributed by atoms with Crippen LogP contribution in [-0.2, 0) is 0 Å². The molecule has 3 rings (SSSR count). The summed E-state index contributed by atoms with van der Waals surface area (Å²) in [5, 5.41) is 16.2. The number of hydrogen-bond acceptors (Lipinski definition) is 3. The molecule has 0 bridgehead atoms. The van der Waals surface area contributed by atoms with Gasteiger partial charge in [-0.15, -0.1) is 0 Å². The van der Waals surface area contributed by atoms with Gasteiger partial charge < -0.3 is 15.7 Å². The monoisotopic (exact) mass is 190 g/mol. The summed E-state index contributed by atoms with van der Waals surface area (Å²) in [5.74, 6) is 0.324. The van der Waals surface area contributed by atoms with Crippen LogP contribution in [-0.4, -0.2) is 18.2 Å². The lowest BCUT2D eigenvalue weighted by molar-refractivity contribution is 0.475. The second-order valence-corrected chi connectivity index (χ2v) is 4.44. The second kappa shape index (κ2) is 2.56. The highest BCUT2D eigenvalue weighted by Gasteiger charge is 2.43. The normalized spacial score (nSPS) is 21.7. The van der Waals surface area contributed by atoms with E-state index in [0.29, 0.717) is 11.2 Å². The quantitative estimate of drug-likeness (QED) is 0.548. The van der Waals surface area contributed by atoms with Crippen molar-refractivity contribution in [3.63, 3.8) is 0 Å². The molecule has 0 aromatic heterocycles. The highest BCUT2D eigenvalue weighted by Crippen LogP contribution is 2.47. The number of benzene rings is 1. The fraction of sp³-hybridized carbons (Fsp3) is 0.455. The molecule has 0 saturated heterocycles. The highest BCUT2D eigenvalue weighted by molar-refractivity contribution is 5.71. The topological polar surface area (TPSA) is 44.3 Å². The fourth-order valence-electron chi connectivity index (χ4n) is 1.99. The van der Waals surface area contributed by atoms with Crippen LogP contribution in [0.1, 0.15) is 12.8 Å². The van der Waals surface area contributed by atoms with Gasteiger partial charge >= 0.3 is 0 Å². The van der Waals surface area contributed by atoms with Crippen LogP contribution in [0.15, 0.2) is 18.2 Å². The maximum atomic E-state index is 9.36. The summed E-state index contributed by atoms with van der Waals surface area (Å²) in [5.41, 5.74) is 2.61. The molecule has 0 atom stereocenters. The van der Waals surface area contributed by atoms with E-state index in [9.17, 15) is 5.11 Å². The Morgan fingerprint density at radius 2 is 1.79 bits per heavy atom. The highest BCUT2D eigenvalue weighted by atomic mass is 16.3. The van der Waals surface area contributed by atoms with Crippen LogP contribution in [0.3, 0.4) is 0 Å². The first kappa shape index (κ1) is 7.97. The molecule has 1 aromatic rings. The van der Waals surface area contributed by atoms with Gasteiger partial charge in [-0.25, -0.2) is 0 Å². The van der Waals surface area contributed by atoms with Gasteiger partial charge in [0.2, 0.25) is 0 Å². The summed E-state index contributed by atoms with van der Waals surface area (Å²) < 4.78 is 0. The molecule has 1 aliphatic carbocycles. The van der Waals surface area contributed by atoms with Crippen molar-refractivity contribution >= 4 is 11.4 Å². The molecular weight excluding hydrogens is 176 g/mol. The van der Waals surface area contributed by atoms with Crippen molar-refractivity contribution in [2.24, 2.45) is 5.41 Å². The third-order valence-electron chi connectivity index (χ3n) is 3.27. The van der Waals surface area contributed by atoms with E-state index < -0.39 is 0 Å². The lowest BCUT2D eigenvalue weighted by atomic mass is 10.1. The molecule has 1 spiro atoms. The zero-order valence-corrected chi connectivity index (χ0v) is 8.01. The van der Waals surface area contributed by atoms with Crippen LogP contribution < -0.4 is 10.6 Å². The van der Waals surface area contributed by atoms with E-state index in [0.717, 1.165) is 24.5 Å². The molecule has 1 saturated carbocycles. The Kier molecular flexibility index (Phi) is 1.46. The van der Waals surface area contributed by atoms with Crippen molar-refractivity contribution in [3.8, 4) is 5.75 Å². The number of nitrogens with one attached hydrogen (secondary N) is 2. The first-order valence-corrected chi connectivity index (χ1v) is 5.08. The second-order valence-electron chi connectivity index (χ2n) is 4.44. The van der Waals surface area contributed by atoms with Crippen molar-refractivity contribution in [2.45, 2.75) is 12.8 Å². The maximum absolute atomic E-state index is 9.36. The third-order valence-corrected chi connectivity index (χ3v) is 3.27. The van der Waals surface area contributed by atoms with E-state index in [1.807, 2.05) is 6.07 Å². The summed E-state index contributed by atoms with van der Waals surface area (Å²) in [7, 11) is 0. The van der Waals surface area contributed by atoms with Crippen LogP contribution in [0.2, 0.25) is 0 Å². The first-order valence-electron chi connectivity index (χ1n) is 5.08. The summed E-state index contributed by atoms with van der Waals surface area (Å²) in [6.45, 7) is 2.08. The van der Waals surface area contributed by atoms with Gasteiger partial charge in [0.05, 0.1) is 11.4 Å². The van der Waals surface area contributed by atoms with Crippen LogP contribution in [0.4, 0.5) is 11.4 Å². The van der Waals surface area contributed by atoms with Crippen LogP contribution in [0.25, 0.3) is 0 Å². The lowest BCUT2D eigenvalue weighted by Crippen LogP contribution is -2.19. The number of rotatable bonds is 0. The van der Waals surface area contributed by atoms with E-state index in [1.165, 1.54) is 12.8 Å². The number of hydrogen-bond donors (Lipinski definition) is 3. The van der Waals surface area contributed by atoms with Crippen molar-refractivity contribution in [1.29, 1.82) is 0 Å². The van der Waals surface area contributed by atoms with Gasteiger partial charge in [0, 0.05) is 24.6 Å². The molecule has 3 nitrogen and oxygen atoms in total. The minimum Gasteiger partial charge on any atom is -0.508 e. The van der Waals surface area contributed by atoms with E-state index in [4.69, 9.17) is 0 Å². The zero-order chi connectivity index (χ0) is 9.60. The Bertz CT molecular complexity index is 372. The summed E-state index contributed by atoms with van der Waals surface area (Å²) in [6.07, 6.45) is 2.62. The lowest BCUT2D eigenvalue weighted by Gasteiger charge is -2.10. The van der Waals surface area contributed by atoms with Crippen molar-refractivity contribution in [1.82, 2.24) is 0 Å². The van der Waals surface area contributed by atoms with E-state index in [-0.39, 0.29) is 0 Å². The van der Waals surface area contributed by atoms with Crippen LogP contribution >= 0.6 is 0 Å². The molecule has 0 amide bonds. The van der Waals surface area contributed by atoms with Crippen molar-refractivity contribution in [3.05, 3.63) is 18.2 Å². The predicted molar refractivity (Wildman–Crippen MR) is 56.8 cm³/mol. The van der Waals surface area contributed by atoms with Crippen molar-refractivity contribution in [2.75, 3.05) is 23.7 Å². The van der Waals surface area contributed by atoms with E-state index >= 15 is 0 Å². The Morgan fingerprint density at radius 3 is 2.50 bits per heavy atom. The minimum absolute atomic E-state index is 0.324. The molecule has 74 valence electrons. The summed E-state index contributed by atoms with van der Waals surface area (Å²) in [4.78, 5) is 0. The molecule has 2 aliphatic rings. The molecule has 3 heteroatoms. The number of phenols is 1. The van der Waals surface area contributed by atoms with Gasteiger partial charge in [-0.2, -0.15) is 0 Å². The molecule has 3 N–H and O–H groups in total. The SMILES string of the molecule is Oc1ccc2c(c1)NCC1(CC1)CN2. The zero-order valence-electron chi connectivity index (χ0n) is 8.01. The predicted octanol–water partition coefficient (Wildman–Crippen LogP) is 2.01. The Hall–Kier alpha value is -1.38. The Balaban J connectivity index is 1.93. The smallest absolute Gasteiger partial charge is 0.117 e. The number of aromatic hydroxyl groups is 1. The Morgan fingerprint density at radius 1 is 1.07 bits per heavy atom. The molecule has 14 heavy (non-hydrogen) atoms. The third kappa shape index (κ3) is 1.20. The molecule has 1 aromatic carbocycles. The summed E-state index contributed by atoms with van der Waals surface area (Å²) in [6, 6.07) is 5.43.